The zero-order valence-electron chi connectivity index (χ0n) is 16.9. The fourth-order valence-corrected chi connectivity index (χ4v) is 7.86. The molecule has 23 heavy (non-hydrogen) atoms. The van der Waals surface area contributed by atoms with Crippen molar-refractivity contribution in [3.8, 4) is 0 Å². The number of hydrogen-bond donors (Lipinski definition) is 0. The van der Waals surface area contributed by atoms with Gasteiger partial charge in [-0.05, 0) is 50.0 Å². The van der Waals surface area contributed by atoms with Gasteiger partial charge >= 0.3 is 0 Å². The first kappa shape index (κ1) is 23.0. The normalized spacial score (nSPS) is 12.4. The van der Waals surface area contributed by atoms with Crippen molar-refractivity contribution in [2.45, 2.75) is 99.3 Å². The van der Waals surface area contributed by atoms with Crippen LogP contribution in [0.3, 0.4) is 0 Å². The summed E-state index contributed by atoms with van der Waals surface area (Å²) in [5.41, 5.74) is -0.161. The molecule has 0 saturated carbocycles. The van der Waals surface area contributed by atoms with E-state index in [2.05, 4.69) is 47.3 Å². The summed E-state index contributed by atoms with van der Waals surface area (Å²) < 4.78 is 0. The number of carbonyl (C=O) groups excluding carboxylic acids is 1. The van der Waals surface area contributed by atoms with Crippen LogP contribution in [0.15, 0.2) is 0 Å². The van der Waals surface area contributed by atoms with Crippen LogP contribution in [0.25, 0.3) is 0 Å². The molecule has 0 spiro atoms. The second-order valence-electron chi connectivity index (χ2n) is 7.93. The quantitative estimate of drug-likeness (QED) is 0.311. The SMILES string of the molecule is CCCCC(C)(C)C(=O)C=P(CCCC)(CCCC)CCCC. The van der Waals surface area contributed by atoms with E-state index in [1.165, 1.54) is 63.4 Å². The Kier molecular flexibility index (Phi) is 12.3. The van der Waals surface area contributed by atoms with Crippen molar-refractivity contribution in [3.63, 3.8) is 0 Å². The molecule has 0 unspecified atom stereocenters. The van der Waals surface area contributed by atoms with Crippen molar-refractivity contribution in [2.75, 3.05) is 18.5 Å². The van der Waals surface area contributed by atoms with Crippen LogP contribution in [0.1, 0.15) is 99.3 Å². The van der Waals surface area contributed by atoms with Gasteiger partial charge in [0.2, 0.25) is 0 Å². The molecule has 0 heterocycles. The number of hydrogen-bond acceptors (Lipinski definition) is 1. The molecule has 0 bridgehead atoms. The molecule has 0 amide bonds. The first-order valence-electron chi connectivity index (χ1n) is 10.1. The van der Waals surface area contributed by atoms with E-state index >= 15 is 0 Å². The monoisotopic (exact) mass is 342 g/mol. The maximum absolute atomic E-state index is 13.0. The predicted octanol–water partition coefficient (Wildman–Crippen LogP) is 6.99. The third-order valence-electron chi connectivity index (χ3n) is 5.08. The summed E-state index contributed by atoms with van der Waals surface area (Å²) in [5, 5.41) is 0. The van der Waals surface area contributed by atoms with Crippen LogP contribution in [-0.4, -0.2) is 30.1 Å². The van der Waals surface area contributed by atoms with E-state index in [4.69, 9.17) is 0 Å². The molecule has 0 rings (SSSR count). The highest BCUT2D eigenvalue weighted by atomic mass is 31.2. The van der Waals surface area contributed by atoms with Crippen LogP contribution in [0.5, 0.6) is 0 Å². The third kappa shape index (κ3) is 9.13. The van der Waals surface area contributed by atoms with Crippen molar-refractivity contribution in [2.24, 2.45) is 5.41 Å². The average molecular weight is 343 g/mol. The number of carbonyl (C=O) groups is 1. The van der Waals surface area contributed by atoms with Gasteiger partial charge in [0.1, 0.15) is 0 Å². The van der Waals surface area contributed by atoms with Gasteiger partial charge in [0, 0.05) is 5.41 Å². The summed E-state index contributed by atoms with van der Waals surface area (Å²) in [7, 11) is 0. The molecular weight excluding hydrogens is 299 g/mol. The summed E-state index contributed by atoms with van der Waals surface area (Å²) in [5.74, 6) is 2.74. The van der Waals surface area contributed by atoms with Crippen molar-refractivity contribution in [3.05, 3.63) is 0 Å². The Hall–Kier alpha value is -0.0300. The van der Waals surface area contributed by atoms with E-state index in [1.54, 1.807) is 0 Å². The Balaban J connectivity index is 5.42. The molecule has 0 aromatic heterocycles. The maximum Gasteiger partial charge on any atom is 0.161 e. The lowest BCUT2D eigenvalue weighted by Gasteiger charge is -2.29. The lowest BCUT2D eigenvalue weighted by atomic mass is 9.84. The summed E-state index contributed by atoms with van der Waals surface area (Å²) >= 11 is 0. The Morgan fingerprint density at radius 1 is 0.783 bits per heavy atom. The van der Waals surface area contributed by atoms with Crippen LogP contribution in [-0.2, 0) is 4.79 Å². The molecular formula is C21H43OP. The Morgan fingerprint density at radius 3 is 1.52 bits per heavy atom. The summed E-state index contributed by atoms with van der Waals surface area (Å²) in [6, 6.07) is 0. The highest BCUT2D eigenvalue weighted by molar-refractivity contribution is 7.76. The lowest BCUT2D eigenvalue weighted by Crippen LogP contribution is -2.26. The van der Waals surface area contributed by atoms with Gasteiger partial charge in [0.25, 0.3) is 0 Å². The largest absolute Gasteiger partial charge is 0.294 e. The molecule has 0 aliphatic carbocycles. The fourth-order valence-electron chi connectivity index (χ4n) is 3.11. The molecule has 0 fully saturated rings. The molecule has 0 aliphatic rings. The van der Waals surface area contributed by atoms with Gasteiger partial charge < -0.3 is 0 Å². The molecule has 0 N–H and O–H groups in total. The van der Waals surface area contributed by atoms with Crippen LogP contribution in [0, 0.1) is 5.41 Å². The highest BCUT2D eigenvalue weighted by Crippen LogP contribution is 2.50. The minimum absolute atomic E-state index is 0.161. The van der Waals surface area contributed by atoms with E-state index in [1.807, 2.05) is 0 Å². The molecule has 138 valence electrons. The smallest absolute Gasteiger partial charge is 0.161 e. The van der Waals surface area contributed by atoms with Crippen molar-refractivity contribution < 1.29 is 4.79 Å². The van der Waals surface area contributed by atoms with E-state index in [9.17, 15) is 4.79 Å². The maximum atomic E-state index is 13.0. The second-order valence-corrected chi connectivity index (χ2v) is 12.0. The first-order valence-corrected chi connectivity index (χ1v) is 12.5. The topological polar surface area (TPSA) is 17.1 Å². The van der Waals surface area contributed by atoms with Crippen LogP contribution in [0.2, 0.25) is 0 Å². The van der Waals surface area contributed by atoms with E-state index in [0.29, 0.717) is 5.78 Å². The molecule has 2 heteroatoms. The van der Waals surface area contributed by atoms with Crippen molar-refractivity contribution in [1.29, 1.82) is 0 Å². The Labute approximate surface area is 147 Å². The molecule has 1 nitrogen and oxygen atoms in total. The minimum Gasteiger partial charge on any atom is -0.294 e. The third-order valence-corrected chi connectivity index (χ3v) is 9.49. The highest BCUT2D eigenvalue weighted by Gasteiger charge is 2.28. The van der Waals surface area contributed by atoms with Gasteiger partial charge in [-0.15, -0.1) is 6.89 Å². The summed E-state index contributed by atoms with van der Waals surface area (Å²) in [4.78, 5) is 13.0. The predicted molar refractivity (Wildman–Crippen MR) is 111 cm³/mol. The zero-order chi connectivity index (χ0) is 17.8. The van der Waals surface area contributed by atoms with Gasteiger partial charge in [-0.1, -0.05) is 73.6 Å². The molecule has 0 aromatic rings. The van der Waals surface area contributed by atoms with Crippen LogP contribution >= 0.6 is 6.89 Å². The molecule has 0 saturated heterocycles. The summed E-state index contributed by atoms with van der Waals surface area (Å²) in [6.45, 7) is 12.2. The molecule has 0 radical (unpaired) electrons. The molecule has 0 aliphatic heterocycles. The molecule has 0 aromatic carbocycles. The van der Waals surface area contributed by atoms with Gasteiger partial charge in [-0.3, -0.25) is 4.79 Å². The van der Waals surface area contributed by atoms with Crippen molar-refractivity contribution >= 4 is 18.5 Å². The standard InChI is InChI=1S/C21H43OP/c1-7-11-15-21(5,6)20(22)19-23(16-12-8-2,17-13-9-3)18-14-10-4/h19H,7-18H2,1-6H3. The number of rotatable bonds is 14. The van der Waals surface area contributed by atoms with E-state index < -0.39 is 6.89 Å². The second kappa shape index (κ2) is 12.3. The zero-order valence-corrected chi connectivity index (χ0v) is 17.8. The van der Waals surface area contributed by atoms with Crippen LogP contribution < -0.4 is 0 Å². The first-order chi connectivity index (χ1) is 10.9. The van der Waals surface area contributed by atoms with Gasteiger partial charge in [0.05, 0.1) is 0 Å². The average Bonchev–Trinajstić information content (AvgIpc) is 2.54. The minimum atomic E-state index is -1.20. The van der Waals surface area contributed by atoms with Crippen LogP contribution in [0.4, 0.5) is 0 Å². The van der Waals surface area contributed by atoms with E-state index in [0.717, 1.165) is 12.8 Å². The Bertz CT molecular complexity index is 340. The van der Waals surface area contributed by atoms with Crippen molar-refractivity contribution in [1.82, 2.24) is 0 Å². The molecule has 0 atom stereocenters. The lowest BCUT2D eigenvalue weighted by molar-refractivity contribution is -0.120. The van der Waals surface area contributed by atoms with Gasteiger partial charge in [-0.2, -0.15) is 0 Å². The number of Topliss-reactive ketones (excluding diaryl/α,β-unsaturated/α-hetero) is 1. The fraction of sp³-hybridized carbons (Fsp3) is 0.905. The number of ketones is 1. The van der Waals surface area contributed by atoms with Gasteiger partial charge in [-0.25, -0.2) is 0 Å². The van der Waals surface area contributed by atoms with Gasteiger partial charge in [0.15, 0.2) is 5.78 Å². The number of unbranched alkanes of at least 4 members (excludes halogenated alkanes) is 4. The Morgan fingerprint density at radius 2 is 1.17 bits per heavy atom. The summed E-state index contributed by atoms with van der Waals surface area (Å²) in [6.07, 6.45) is 14.9. The van der Waals surface area contributed by atoms with E-state index in [-0.39, 0.29) is 5.41 Å².